The molecule has 2 aliphatic heterocycles. The lowest BCUT2D eigenvalue weighted by Crippen LogP contribution is -2.43. The number of methoxy groups -OCH3 is 1. The fourth-order valence-corrected chi connectivity index (χ4v) is 6.36. The molecule has 0 atom stereocenters. The average Bonchev–Trinajstić information content (AvgIpc) is 3.17. The SMILES string of the molecule is COc1cccc(-c2cc3ccc(N4CCNCC4)cc3oc2=O)c1.O=c1oc2cc(N3CCNCC3)ccc2cc1-c1cc(C(F)(F)F)ccn1. The first kappa shape index (κ1) is 34.8. The van der Waals surface area contributed by atoms with Crippen LogP contribution in [-0.4, -0.2) is 64.5 Å². The third-order valence-electron chi connectivity index (χ3n) is 9.15. The van der Waals surface area contributed by atoms with E-state index in [1.807, 2.05) is 48.5 Å². The van der Waals surface area contributed by atoms with E-state index in [1.54, 1.807) is 19.2 Å². The van der Waals surface area contributed by atoms with Gasteiger partial charge < -0.3 is 34.0 Å². The van der Waals surface area contributed by atoms with Gasteiger partial charge in [0.15, 0.2) is 0 Å². The number of pyridine rings is 1. The summed E-state index contributed by atoms with van der Waals surface area (Å²) in [6.45, 7) is 7.30. The maximum atomic E-state index is 12.9. The monoisotopic (exact) mass is 711 g/mol. The number of alkyl halides is 3. The van der Waals surface area contributed by atoms with E-state index in [1.165, 1.54) is 6.07 Å². The highest BCUT2D eigenvalue weighted by molar-refractivity contribution is 5.85. The lowest BCUT2D eigenvalue weighted by molar-refractivity contribution is -0.137. The molecule has 0 aliphatic carbocycles. The minimum absolute atomic E-state index is 0.00326. The standard InChI is InChI=1S/C20H20N2O3.C19H16F3N3O2/c1-24-17-4-2-3-14(11-17)18-12-15-5-6-16(13-19(15)25-20(18)23)22-9-7-21-8-10-22;20-19(21,22)13-3-4-24-16(10-13)15-9-12-1-2-14(11-17(12)27-18(15)26)25-7-5-23-6-8-25/h2-6,11-13,21H,7-10H2,1H3;1-4,9-11,23H,5-8H2. The summed E-state index contributed by atoms with van der Waals surface area (Å²) < 4.78 is 55.0. The molecule has 2 N–H and O–H groups in total. The molecule has 0 unspecified atom stereocenters. The number of benzene rings is 3. The molecule has 2 aliphatic rings. The summed E-state index contributed by atoms with van der Waals surface area (Å²) in [7, 11) is 1.61. The lowest BCUT2D eigenvalue weighted by atomic mass is 10.1. The lowest BCUT2D eigenvalue weighted by Gasteiger charge is -2.29. The Labute approximate surface area is 296 Å². The number of piperazine rings is 2. The Hall–Kier alpha value is -5.66. The molecule has 5 heterocycles. The molecule has 2 fully saturated rings. The summed E-state index contributed by atoms with van der Waals surface area (Å²) in [5.74, 6) is 0.714. The summed E-state index contributed by atoms with van der Waals surface area (Å²) in [6.07, 6.45) is -3.47. The Morgan fingerprint density at radius 3 is 1.81 bits per heavy atom. The molecule has 0 bridgehead atoms. The summed E-state index contributed by atoms with van der Waals surface area (Å²) in [6, 6.07) is 24.1. The number of hydrogen-bond acceptors (Lipinski definition) is 10. The summed E-state index contributed by atoms with van der Waals surface area (Å²) in [5, 5.41) is 8.15. The van der Waals surface area contributed by atoms with Crippen molar-refractivity contribution in [3.63, 3.8) is 0 Å². The van der Waals surface area contributed by atoms with Crippen LogP contribution in [0.4, 0.5) is 24.5 Å². The zero-order valence-corrected chi connectivity index (χ0v) is 28.3. The van der Waals surface area contributed by atoms with E-state index in [2.05, 4.69) is 31.5 Å². The fraction of sp³-hybridized carbons (Fsp3) is 0.256. The topological polar surface area (TPSA) is 113 Å². The predicted octanol–water partition coefficient (Wildman–Crippen LogP) is 6.16. The van der Waals surface area contributed by atoms with Crippen LogP contribution in [0.1, 0.15) is 5.56 Å². The van der Waals surface area contributed by atoms with E-state index in [0.29, 0.717) is 27.9 Å². The third-order valence-corrected chi connectivity index (χ3v) is 9.15. The van der Waals surface area contributed by atoms with Gasteiger partial charge in [-0.15, -0.1) is 0 Å². The minimum Gasteiger partial charge on any atom is -0.497 e. The summed E-state index contributed by atoms with van der Waals surface area (Å²) >= 11 is 0. The molecule has 13 heteroatoms. The Morgan fingerprint density at radius 2 is 1.25 bits per heavy atom. The number of rotatable bonds is 5. The maximum Gasteiger partial charge on any atom is 0.416 e. The van der Waals surface area contributed by atoms with E-state index >= 15 is 0 Å². The molecule has 8 rings (SSSR count). The van der Waals surface area contributed by atoms with Crippen LogP contribution in [-0.2, 0) is 6.18 Å². The zero-order valence-electron chi connectivity index (χ0n) is 28.3. The van der Waals surface area contributed by atoms with Gasteiger partial charge in [-0.3, -0.25) is 4.98 Å². The molecular formula is C39H36F3N5O5. The maximum absolute atomic E-state index is 12.9. The summed E-state index contributed by atoms with van der Waals surface area (Å²) in [5.41, 5.74) is 2.41. The number of halogens is 3. The molecule has 0 amide bonds. The molecule has 52 heavy (non-hydrogen) atoms. The zero-order chi connectivity index (χ0) is 36.2. The van der Waals surface area contributed by atoms with Crippen LogP contribution in [0.15, 0.2) is 110 Å². The van der Waals surface area contributed by atoms with Crippen molar-refractivity contribution in [2.45, 2.75) is 6.18 Å². The molecule has 0 saturated carbocycles. The van der Waals surface area contributed by atoms with Gasteiger partial charge in [0.2, 0.25) is 0 Å². The second kappa shape index (κ2) is 14.9. The van der Waals surface area contributed by atoms with Crippen molar-refractivity contribution in [3.05, 3.63) is 118 Å². The number of fused-ring (bicyclic) bond motifs is 2. The van der Waals surface area contributed by atoms with Gasteiger partial charge in [-0.1, -0.05) is 12.1 Å². The predicted molar refractivity (Wildman–Crippen MR) is 195 cm³/mol. The van der Waals surface area contributed by atoms with E-state index < -0.39 is 17.4 Å². The van der Waals surface area contributed by atoms with Gasteiger partial charge in [0.25, 0.3) is 0 Å². The second-order valence-electron chi connectivity index (χ2n) is 12.5. The highest BCUT2D eigenvalue weighted by Gasteiger charge is 2.31. The number of hydrogen-bond donors (Lipinski definition) is 2. The molecule has 0 spiro atoms. The Morgan fingerprint density at radius 1 is 0.692 bits per heavy atom. The van der Waals surface area contributed by atoms with E-state index in [9.17, 15) is 22.8 Å². The Kier molecular flexibility index (Phi) is 9.97. The molecular weight excluding hydrogens is 675 g/mol. The molecule has 3 aromatic heterocycles. The number of nitrogens with zero attached hydrogens (tertiary/aromatic N) is 3. The largest absolute Gasteiger partial charge is 0.497 e. The van der Waals surface area contributed by atoms with Gasteiger partial charge in [0.05, 0.1) is 29.5 Å². The number of anilines is 2. The van der Waals surface area contributed by atoms with Crippen molar-refractivity contribution in [1.29, 1.82) is 0 Å². The quantitative estimate of drug-likeness (QED) is 0.202. The number of aromatic nitrogens is 1. The smallest absolute Gasteiger partial charge is 0.416 e. The molecule has 6 aromatic rings. The molecule has 10 nitrogen and oxygen atoms in total. The molecule has 3 aromatic carbocycles. The number of ether oxygens (including phenoxy) is 1. The summed E-state index contributed by atoms with van der Waals surface area (Å²) in [4.78, 5) is 33.2. The van der Waals surface area contributed by atoms with Crippen LogP contribution < -0.4 is 36.4 Å². The van der Waals surface area contributed by atoms with Gasteiger partial charge in [-0.2, -0.15) is 13.2 Å². The van der Waals surface area contributed by atoms with Crippen LogP contribution in [0.25, 0.3) is 44.3 Å². The van der Waals surface area contributed by atoms with Crippen LogP contribution in [0.3, 0.4) is 0 Å². The highest BCUT2D eigenvalue weighted by Crippen LogP contribution is 2.32. The first-order valence-electron chi connectivity index (χ1n) is 16.9. The van der Waals surface area contributed by atoms with Crippen molar-refractivity contribution in [2.75, 3.05) is 69.3 Å². The van der Waals surface area contributed by atoms with E-state index in [0.717, 1.165) is 93.0 Å². The molecule has 0 radical (unpaired) electrons. The average molecular weight is 712 g/mol. The molecule has 268 valence electrons. The fourth-order valence-electron chi connectivity index (χ4n) is 6.36. The first-order valence-corrected chi connectivity index (χ1v) is 16.9. The first-order chi connectivity index (χ1) is 25.2. The Balaban J connectivity index is 0.000000162. The van der Waals surface area contributed by atoms with Gasteiger partial charge in [-0.25, -0.2) is 9.59 Å². The van der Waals surface area contributed by atoms with Crippen molar-refractivity contribution in [3.8, 4) is 28.1 Å². The van der Waals surface area contributed by atoms with E-state index in [-0.39, 0.29) is 16.9 Å². The minimum atomic E-state index is -4.51. The van der Waals surface area contributed by atoms with Crippen LogP contribution in [0.2, 0.25) is 0 Å². The van der Waals surface area contributed by atoms with Crippen molar-refractivity contribution in [2.24, 2.45) is 0 Å². The third kappa shape index (κ3) is 7.65. The number of nitrogens with one attached hydrogen (secondary N) is 2. The normalized spacial score (nSPS) is 15.0. The highest BCUT2D eigenvalue weighted by atomic mass is 19.4. The van der Waals surface area contributed by atoms with Crippen molar-refractivity contribution < 1.29 is 26.7 Å². The molecule has 2 saturated heterocycles. The van der Waals surface area contributed by atoms with Crippen LogP contribution >= 0.6 is 0 Å². The van der Waals surface area contributed by atoms with Crippen molar-refractivity contribution >= 4 is 33.3 Å². The van der Waals surface area contributed by atoms with Gasteiger partial charge in [-0.05, 0) is 66.2 Å². The van der Waals surface area contributed by atoms with Crippen LogP contribution in [0, 0.1) is 0 Å². The van der Waals surface area contributed by atoms with Gasteiger partial charge in [0.1, 0.15) is 16.9 Å². The van der Waals surface area contributed by atoms with E-state index in [4.69, 9.17) is 13.6 Å². The Bertz CT molecular complexity index is 2330. The van der Waals surface area contributed by atoms with Gasteiger partial charge in [0, 0.05) is 92.8 Å². The van der Waals surface area contributed by atoms with Gasteiger partial charge >= 0.3 is 17.4 Å². The second-order valence-corrected chi connectivity index (χ2v) is 12.5. The van der Waals surface area contributed by atoms with Crippen LogP contribution in [0.5, 0.6) is 5.75 Å². The van der Waals surface area contributed by atoms with Crippen molar-refractivity contribution in [1.82, 2.24) is 15.6 Å².